The third-order valence-corrected chi connectivity index (χ3v) is 4.39. The van der Waals surface area contributed by atoms with E-state index in [-0.39, 0.29) is 17.2 Å². The number of nitrogens with zero attached hydrogens (tertiary/aromatic N) is 4. The monoisotopic (exact) mass is 353 g/mol. The van der Waals surface area contributed by atoms with Crippen molar-refractivity contribution in [3.05, 3.63) is 64.9 Å². The summed E-state index contributed by atoms with van der Waals surface area (Å²) in [5, 5.41) is 30.0. The van der Waals surface area contributed by atoms with Crippen LogP contribution in [0, 0.1) is 34.0 Å². The SMILES string of the molecule is CC(=O)N1c2ccccc2CCc2ccc(NC(C#N)=C(C#N)C#N)cc21. The smallest absolute Gasteiger partial charge is 0.228 e. The average molecular weight is 353 g/mol. The van der Waals surface area contributed by atoms with Crippen molar-refractivity contribution in [2.24, 2.45) is 0 Å². The van der Waals surface area contributed by atoms with E-state index >= 15 is 0 Å². The Labute approximate surface area is 157 Å². The maximum atomic E-state index is 12.4. The van der Waals surface area contributed by atoms with Gasteiger partial charge in [-0.3, -0.25) is 9.69 Å². The molecule has 0 bridgehead atoms. The molecule has 1 aliphatic rings. The highest BCUT2D eigenvalue weighted by molar-refractivity contribution is 6.01. The molecule has 1 heterocycles. The number of hydrogen-bond acceptors (Lipinski definition) is 5. The van der Waals surface area contributed by atoms with Crippen LogP contribution in [0.2, 0.25) is 0 Å². The third kappa shape index (κ3) is 3.35. The van der Waals surface area contributed by atoms with Crippen LogP contribution in [-0.2, 0) is 17.6 Å². The molecule has 6 nitrogen and oxygen atoms in total. The molecular weight excluding hydrogens is 338 g/mol. The van der Waals surface area contributed by atoms with Crippen molar-refractivity contribution in [3.63, 3.8) is 0 Å². The highest BCUT2D eigenvalue weighted by Gasteiger charge is 2.24. The quantitative estimate of drug-likeness (QED) is 0.829. The van der Waals surface area contributed by atoms with Crippen LogP contribution in [0.4, 0.5) is 17.1 Å². The minimum atomic E-state index is -0.291. The van der Waals surface area contributed by atoms with Crippen molar-refractivity contribution in [2.75, 3.05) is 10.2 Å². The zero-order valence-electron chi connectivity index (χ0n) is 14.7. The summed E-state index contributed by atoms with van der Waals surface area (Å²) in [6.45, 7) is 1.51. The highest BCUT2D eigenvalue weighted by Crippen LogP contribution is 2.37. The molecule has 0 saturated carbocycles. The Bertz CT molecular complexity index is 1060. The lowest BCUT2D eigenvalue weighted by Crippen LogP contribution is -2.23. The van der Waals surface area contributed by atoms with Gasteiger partial charge in [-0.1, -0.05) is 24.3 Å². The molecule has 3 rings (SSSR count). The van der Waals surface area contributed by atoms with Gasteiger partial charge in [-0.2, -0.15) is 15.8 Å². The number of anilines is 3. The molecule has 6 heteroatoms. The van der Waals surface area contributed by atoms with Crippen LogP contribution in [0.3, 0.4) is 0 Å². The first-order valence-electron chi connectivity index (χ1n) is 8.32. The van der Waals surface area contributed by atoms with Gasteiger partial charge >= 0.3 is 0 Å². The predicted octanol–water partition coefficient (Wildman–Crippen LogP) is 3.71. The van der Waals surface area contributed by atoms with Crippen LogP contribution >= 0.6 is 0 Å². The molecule has 0 unspecified atom stereocenters. The Morgan fingerprint density at radius 3 is 2.26 bits per heavy atom. The molecule has 27 heavy (non-hydrogen) atoms. The third-order valence-electron chi connectivity index (χ3n) is 4.39. The molecule has 0 radical (unpaired) electrons. The number of nitriles is 3. The first-order chi connectivity index (χ1) is 13.1. The van der Waals surface area contributed by atoms with Crippen LogP contribution < -0.4 is 10.2 Å². The summed E-state index contributed by atoms with van der Waals surface area (Å²) in [5.74, 6) is -0.117. The summed E-state index contributed by atoms with van der Waals surface area (Å²) < 4.78 is 0. The average Bonchev–Trinajstić information content (AvgIpc) is 2.84. The molecule has 2 aromatic carbocycles. The topological polar surface area (TPSA) is 104 Å². The van der Waals surface area contributed by atoms with E-state index in [1.165, 1.54) is 6.92 Å². The van der Waals surface area contributed by atoms with Gasteiger partial charge in [0.1, 0.15) is 23.9 Å². The second-order valence-electron chi connectivity index (χ2n) is 6.04. The van der Waals surface area contributed by atoms with Crippen molar-refractivity contribution < 1.29 is 4.79 Å². The minimum absolute atomic E-state index is 0.117. The molecule has 0 atom stereocenters. The van der Waals surface area contributed by atoms with Gasteiger partial charge in [0.15, 0.2) is 5.57 Å². The first kappa shape index (κ1) is 17.7. The molecular formula is C21H15N5O. The summed E-state index contributed by atoms with van der Waals surface area (Å²) in [4.78, 5) is 14.1. The highest BCUT2D eigenvalue weighted by atomic mass is 16.2. The molecule has 1 aliphatic heterocycles. The van der Waals surface area contributed by atoms with Gasteiger partial charge in [0.2, 0.25) is 5.91 Å². The summed E-state index contributed by atoms with van der Waals surface area (Å²) in [6, 6.07) is 18.5. The first-order valence-corrected chi connectivity index (χ1v) is 8.32. The number of rotatable bonds is 2. The molecule has 0 saturated heterocycles. The van der Waals surface area contributed by atoms with E-state index in [1.54, 1.807) is 29.2 Å². The van der Waals surface area contributed by atoms with Crippen molar-refractivity contribution >= 4 is 23.0 Å². The molecule has 1 N–H and O–H groups in total. The number of carbonyl (C=O) groups is 1. The number of carbonyl (C=O) groups excluding carboxylic acids is 1. The van der Waals surface area contributed by atoms with E-state index in [0.717, 1.165) is 35.3 Å². The fourth-order valence-electron chi connectivity index (χ4n) is 3.17. The largest absolute Gasteiger partial charge is 0.345 e. The number of allylic oxidation sites excluding steroid dienone is 2. The number of amides is 1. The fourth-order valence-corrected chi connectivity index (χ4v) is 3.17. The number of aryl methyl sites for hydroxylation is 2. The van der Waals surface area contributed by atoms with Gasteiger partial charge in [0, 0.05) is 12.6 Å². The van der Waals surface area contributed by atoms with Gasteiger partial charge in [0.05, 0.1) is 11.4 Å². The number of para-hydroxylation sites is 1. The zero-order valence-corrected chi connectivity index (χ0v) is 14.7. The minimum Gasteiger partial charge on any atom is -0.345 e. The molecule has 0 fully saturated rings. The molecule has 1 amide bonds. The molecule has 0 spiro atoms. The van der Waals surface area contributed by atoms with Crippen LogP contribution in [0.25, 0.3) is 0 Å². The van der Waals surface area contributed by atoms with Crippen LogP contribution in [-0.4, -0.2) is 5.91 Å². The van der Waals surface area contributed by atoms with E-state index in [0.29, 0.717) is 5.69 Å². The van der Waals surface area contributed by atoms with Crippen LogP contribution in [0.1, 0.15) is 18.1 Å². The van der Waals surface area contributed by atoms with Crippen molar-refractivity contribution in [2.45, 2.75) is 19.8 Å². The number of fused-ring (bicyclic) bond motifs is 2. The van der Waals surface area contributed by atoms with Crippen molar-refractivity contribution in [3.8, 4) is 18.2 Å². The lowest BCUT2D eigenvalue weighted by Gasteiger charge is -2.24. The van der Waals surface area contributed by atoms with Crippen molar-refractivity contribution in [1.82, 2.24) is 0 Å². The Morgan fingerprint density at radius 2 is 1.63 bits per heavy atom. The second-order valence-corrected chi connectivity index (χ2v) is 6.04. The number of nitrogens with one attached hydrogen (secondary N) is 1. The van der Waals surface area contributed by atoms with E-state index in [9.17, 15) is 10.1 Å². The van der Waals surface area contributed by atoms with Gasteiger partial charge < -0.3 is 5.32 Å². The van der Waals surface area contributed by atoms with Crippen LogP contribution in [0.5, 0.6) is 0 Å². The summed E-state index contributed by atoms with van der Waals surface area (Å²) in [5.41, 5.74) is 3.78. The Hall–Kier alpha value is -4.08. The van der Waals surface area contributed by atoms with E-state index in [2.05, 4.69) is 5.32 Å². The summed E-state index contributed by atoms with van der Waals surface area (Å²) >= 11 is 0. The maximum absolute atomic E-state index is 12.4. The lowest BCUT2D eigenvalue weighted by molar-refractivity contribution is -0.115. The maximum Gasteiger partial charge on any atom is 0.228 e. The van der Waals surface area contributed by atoms with Gasteiger partial charge in [-0.05, 0) is 42.2 Å². The van der Waals surface area contributed by atoms with Crippen LogP contribution in [0.15, 0.2) is 53.7 Å². The Kier molecular flexibility index (Phi) is 4.88. The van der Waals surface area contributed by atoms with Gasteiger partial charge in [-0.15, -0.1) is 0 Å². The van der Waals surface area contributed by atoms with Crippen molar-refractivity contribution in [1.29, 1.82) is 15.8 Å². The predicted molar refractivity (Wildman–Crippen MR) is 101 cm³/mol. The molecule has 130 valence electrons. The van der Waals surface area contributed by atoms with E-state index in [1.807, 2.05) is 36.4 Å². The summed E-state index contributed by atoms with van der Waals surface area (Å²) in [7, 11) is 0. The van der Waals surface area contributed by atoms with E-state index < -0.39 is 0 Å². The standard InChI is InChI=1S/C21H15N5O/c1-14(27)26-20-5-3-2-4-15(20)6-7-16-8-9-18(10-21(16)26)25-19(13-24)17(11-22)12-23/h2-5,8-10,25H,6-7H2,1H3. The van der Waals surface area contributed by atoms with Gasteiger partial charge in [-0.25, -0.2) is 0 Å². The molecule has 0 aliphatic carbocycles. The lowest BCUT2D eigenvalue weighted by atomic mass is 10.0. The molecule has 0 aromatic heterocycles. The number of benzene rings is 2. The fraction of sp³-hybridized carbons (Fsp3) is 0.143. The summed E-state index contributed by atoms with van der Waals surface area (Å²) in [6.07, 6.45) is 1.59. The van der Waals surface area contributed by atoms with Gasteiger partial charge in [0.25, 0.3) is 0 Å². The Balaban J connectivity index is 2.11. The Morgan fingerprint density at radius 1 is 0.963 bits per heavy atom. The normalized spacial score (nSPS) is 11.6. The number of hydrogen-bond donors (Lipinski definition) is 1. The van der Waals surface area contributed by atoms with E-state index in [4.69, 9.17) is 10.5 Å². The second kappa shape index (κ2) is 7.44. The zero-order chi connectivity index (χ0) is 19.4. The molecule has 2 aromatic rings.